The Balaban J connectivity index is 1.93. The van der Waals surface area contributed by atoms with Crippen molar-refractivity contribution in [2.75, 3.05) is 5.32 Å². The van der Waals surface area contributed by atoms with Gasteiger partial charge in [-0.05, 0) is 42.0 Å². The Morgan fingerprint density at radius 3 is 2.73 bits per heavy atom. The summed E-state index contributed by atoms with van der Waals surface area (Å²) >= 11 is 0. The first-order valence-corrected chi connectivity index (χ1v) is 8.16. The van der Waals surface area contributed by atoms with Gasteiger partial charge >= 0.3 is 6.18 Å². The quantitative estimate of drug-likeness (QED) is 0.850. The van der Waals surface area contributed by atoms with Crippen molar-refractivity contribution in [3.8, 4) is 6.07 Å². The van der Waals surface area contributed by atoms with Crippen molar-refractivity contribution in [3.05, 3.63) is 47.3 Å². The average Bonchev–Trinajstić information content (AvgIpc) is 3.10. The Morgan fingerprint density at radius 2 is 2.12 bits per heavy atom. The van der Waals surface area contributed by atoms with Gasteiger partial charge in [-0.2, -0.15) is 18.4 Å². The van der Waals surface area contributed by atoms with Gasteiger partial charge in [-0.25, -0.2) is 0 Å². The summed E-state index contributed by atoms with van der Waals surface area (Å²) in [6.07, 6.45) is 0.786. The van der Waals surface area contributed by atoms with E-state index in [-0.39, 0.29) is 17.0 Å². The first-order valence-electron chi connectivity index (χ1n) is 8.16. The van der Waals surface area contributed by atoms with E-state index in [1.54, 1.807) is 12.3 Å². The van der Waals surface area contributed by atoms with Crippen LogP contribution in [0.25, 0.3) is 5.57 Å². The zero-order valence-electron chi connectivity index (χ0n) is 14.4. The van der Waals surface area contributed by atoms with Gasteiger partial charge in [0.15, 0.2) is 0 Å². The minimum atomic E-state index is -4.58. The van der Waals surface area contributed by atoms with Gasteiger partial charge in [0.05, 0.1) is 23.2 Å². The van der Waals surface area contributed by atoms with Crippen LogP contribution in [0.3, 0.4) is 0 Å². The van der Waals surface area contributed by atoms with Gasteiger partial charge in [0.25, 0.3) is 0 Å². The highest BCUT2D eigenvalue weighted by Crippen LogP contribution is 2.40. The number of nitrogens with one attached hydrogen (secondary N) is 2. The van der Waals surface area contributed by atoms with E-state index < -0.39 is 11.7 Å². The molecule has 0 saturated carbocycles. The summed E-state index contributed by atoms with van der Waals surface area (Å²) in [7, 11) is 0. The number of nitriles is 1. The number of nitrogens with zero attached hydrogens (tertiary/aromatic N) is 3. The number of anilines is 1. The van der Waals surface area contributed by atoms with Gasteiger partial charge in [0, 0.05) is 11.9 Å². The number of alkyl halides is 3. The number of aromatic nitrogens is 3. The molecule has 2 N–H and O–H groups in total. The first kappa shape index (κ1) is 18.0. The molecule has 1 aromatic heterocycles. The molecule has 1 heterocycles. The molecule has 5 nitrogen and oxygen atoms in total. The maximum atomic E-state index is 13.2. The molecule has 0 spiro atoms. The number of allylic oxidation sites excluding steroid dienone is 1. The normalized spacial score (nSPS) is 19.5. The van der Waals surface area contributed by atoms with Crippen LogP contribution in [0.2, 0.25) is 0 Å². The van der Waals surface area contributed by atoms with Crippen LogP contribution in [-0.4, -0.2) is 21.5 Å². The van der Waals surface area contributed by atoms with E-state index in [9.17, 15) is 13.2 Å². The summed E-state index contributed by atoms with van der Waals surface area (Å²) in [4.78, 5) is 0. The topological polar surface area (TPSA) is 77.4 Å². The molecule has 0 bridgehead atoms. The van der Waals surface area contributed by atoms with Crippen molar-refractivity contribution in [1.82, 2.24) is 15.4 Å². The number of hydrogen-bond acceptors (Lipinski definition) is 4. The number of aromatic amines is 1. The molecule has 1 unspecified atom stereocenters. The van der Waals surface area contributed by atoms with Gasteiger partial charge < -0.3 is 5.32 Å². The van der Waals surface area contributed by atoms with E-state index in [2.05, 4.69) is 34.6 Å². The van der Waals surface area contributed by atoms with Gasteiger partial charge in [-0.1, -0.05) is 25.1 Å². The van der Waals surface area contributed by atoms with Gasteiger partial charge in [-0.3, -0.25) is 5.10 Å². The van der Waals surface area contributed by atoms with Crippen LogP contribution in [0, 0.1) is 16.7 Å². The van der Waals surface area contributed by atoms with Crippen molar-refractivity contribution in [2.24, 2.45) is 5.41 Å². The molecule has 1 atom stereocenters. The lowest BCUT2D eigenvalue weighted by Gasteiger charge is -2.38. The Morgan fingerprint density at radius 1 is 1.35 bits per heavy atom. The summed E-state index contributed by atoms with van der Waals surface area (Å²) in [5.41, 5.74) is 0.596. The number of rotatable bonds is 3. The van der Waals surface area contributed by atoms with Crippen LogP contribution in [0.5, 0.6) is 0 Å². The van der Waals surface area contributed by atoms with E-state index in [1.807, 2.05) is 6.08 Å². The molecule has 8 heteroatoms. The van der Waals surface area contributed by atoms with Gasteiger partial charge in [0.1, 0.15) is 5.69 Å². The Kier molecular flexibility index (Phi) is 4.48. The average molecular weight is 361 g/mol. The van der Waals surface area contributed by atoms with Crippen LogP contribution < -0.4 is 5.32 Å². The molecular weight excluding hydrogens is 343 g/mol. The third kappa shape index (κ3) is 3.57. The maximum absolute atomic E-state index is 13.2. The lowest BCUT2D eigenvalue weighted by Crippen LogP contribution is -2.37. The highest BCUT2D eigenvalue weighted by atomic mass is 19.4. The van der Waals surface area contributed by atoms with Crippen molar-refractivity contribution < 1.29 is 13.2 Å². The fourth-order valence-electron chi connectivity index (χ4n) is 3.08. The molecule has 0 radical (unpaired) electrons. The third-order valence-electron chi connectivity index (χ3n) is 4.76. The van der Waals surface area contributed by atoms with Crippen molar-refractivity contribution >= 4 is 11.3 Å². The van der Waals surface area contributed by atoms with Crippen molar-refractivity contribution in [2.45, 2.75) is 38.9 Å². The van der Waals surface area contributed by atoms with Crippen LogP contribution in [0.4, 0.5) is 18.9 Å². The molecule has 3 rings (SSSR count). The minimum absolute atomic E-state index is 0.153. The van der Waals surface area contributed by atoms with Gasteiger partial charge in [0.2, 0.25) is 0 Å². The fourth-order valence-corrected chi connectivity index (χ4v) is 3.08. The number of H-pyrrole nitrogens is 1. The van der Waals surface area contributed by atoms with Gasteiger partial charge in [-0.15, -0.1) is 5.10 Å². The number of halogens is 3. The molecular formula is C18H18F3N5. The molecule has 1 aliphatic carbocycles. The van der Waals surface area contributed by atoms with Crippen LogP contribution in [0.15, 0.2) is 30.5 Å². The summed E-state index contributed by atoms with van der Waals surface area (Å²) in [6, 6.07) is 5.11. The summed E-state index contributed by atoms with van der Waals surface area (Å²) in [5.74, 6) is 0. The fraction of sp³-hybridized carbons (Fsp3) is 0.389. The SMILES string of the molecule is CC1(C)CCC(c2c[nH]nn2)=CC1Nc1ccc(C#N)c(C(F)(F)F)c1. The second-order valence-electron chi connectivity index (χ2n) is 7.03. The lowest BCUT2D eigenvalue weighted by molar-refractivity contribution is -0.137. The van der Waals surface area contributed by atoms with E-state index in [4.69, 9.17) is 5.26 Å². The molecule has 26 heavy (non-hydrogen) atoms. The second-order valence-corrected chi connectivity index (χ2v) is 7.03. The smallest absolute Gasteiger partial charge is 0.378 e. The summed E-state index contributed by atoms with van der Waals surface area (Å²) in [5, 5.41) is 22.5. The minimum Gasteiger partial charge on any atom is -0.378 e. The van der Waals surface area contributed by atoms with E-state index in [1.165, 1.54) is 12.1 Å². The molecule has 0 amide bonds. The third-order valence-corrected chi connectivity index (χ3v) is 4.76. The molecule has 1 aromatic carbocycles. The molecule has 0 saturated heterocycles. The highest BCUT2D eigenvalue weighted by molar-refractivity contribution is 5.65. The predicted octanol–water partition coefficient (Wildman–Crippen LogP) is 4.38. The predicted molar refractivity (Wildman–Crippen MR) is 90.9 cm³/mol. The van der Waals surface area contributed by atoms with Crippen molar-refractivity contribution in [3.63, 3.8) is 0 Å². The number of hydrogen-bond donors (Lipinski definition) is 2. The highest BCUT2D eigenvalue weighted by Gasteiger charge is 2.35. The van der Waals surface area contributed by atoms with Crippen molar-refractivity contribution in [1.29, 1.82) is 5.26 Å². The van der Waals surface area contributed by atoms with E-state index in [0.29, 0.717) is 5.69 Å². The lowest BCUT2D eigenvalue weighted by atomic mass is 9.74. The Bertz CT molecular complexity index is 860. The molecule has 1 aliphatic rings. The standard InChI is InChI=1S/C18H18F3N5/c1-17(2)6-5-11(15-10-23-26-25-15)7-16(17)24-13-4-3-12(9-22)14(8-13)18(19,20)21/h3-4,7-8,10,16,24H,5-6H2,1-2H3,(H,23,25,26). The summed E-state index contributed by atoms with van der Waals surface area (Å²) in [6.45, 7) is 4.13. The first-order chi connectivity index (χ1) is 12.2. The van der Waals surface area contributed by atoms with Crippen LogP contribution in [0.1, 0.15) is 43.5 Å². The summed E-state index contributed by atoms with van der Waals surface area (Å²) < 4.78 is 39.6. The second kappa shape index (κ2) is 6.48. The van der Waals surface area contributed by atoms with Crippen LogP contribution in [-0.2, 0) is 6.18 Å². The maximum Gasteiger partial charge on any atom is 0.417 e. The molecule has 0 aliphatic heterocycles. The Labute approximate surface area is 148 Å². The zero-order valence-corrected chi connectivity index (χ0v) is 14.4. The Hall–Kier alpha value is -2.82. The molecule has 2 aromatic rings. The zero-order chi connectivity index (χ0) is 18.9. The van der Waals surface area contributed by atoms with E-state index >= 15 is 0 Å². The number of benzene rings is 1. The molecule has 0 fully saturated rings. The van der Waals surface area contributed by atoms with E-state index in [0.717, 1.165) is 30.2 Å². The largest absolute Gasteiger partial charge is 0.417 e. The van der Waals surface area contributed by atoms with Crippen LogP contribution >= 0.6 is 0 Å². The molecule has 136 valence electrons. The monoisotopic (exact) mass is 361 g/mol.